The molecule has 1 aliphatic heterocycles. The van der Waals surface area contributed by atoms with Crippen LogP contribution in [-0.4, -0.2) is 78.8 Å². The molecule has 10 nitrogen and oxygen atoms in total. The van der Waals surface area contributed by atoms with E-state index in [9.17, 15) is 24.8 Å². The second kappa shape index (κ2) is 13.5. The number of hydrogen-bond acceptors (Lipinski definition) is 7. The molecule has 3 atom stereocenters. The van der Waals surface area contributed by atoms with Gasteiger partial charge in [-0.1, -0.05) is 32.9 Å². The van der Waals surface area contributed by atoms with Gasteiger partial charge < -0.3 is 30.7 Å². The predicted octanol–water partition coefficient (Wildman–Crippen LogP) is 2.23. The van der Waals surface area contributed by atoms with Gasteiger partial charge in [0.05, 0.1) is 17.6 Å². The van der Waals surface area contributed by atoms with Gasteiger partial charge in [0.15, 0.2) is 0 Å². The van der Waals surface area contributed by atoms with Crippen molar-refractivity contribution in [2.75, 3.05) is 37.7 Å². The van der Waals surface area contributed by atoms with Crippen LogP contribution in [0, 0.1) is 16.7 Å². The number of hydrogen-bond donors (Lipinski definition) is 3. The fourth-order valence-electron chi connectivity index (χ4n) is 5.24. The molecule has 0 spiro atoms. The minimum atomic E-state index is -0.889. The first kappa shape index (κ1) is 31.4. The summed E-state index contributed by atoms with van der Waals surface area (Å²) in [6, 6.07) is 9.04. The number of nitrogens with two attached hydrogens (primary N) is 1. The maximum atomic E-state index is 13.2. The van der Waals surface area contributed by atoms with Crippen LogP contribution in [0.3, 0.4) is 0 Å². The quantitative estimate of drug-likeness (QED) is 0.298. The highest BCUT2D eigenvalue weighted by Crippen LogP contribution is 2.47. The maximum Gasteiger partial charge on any atom is 0.246 e. The van der Waals surface area contributed by atoms with E-state index in [2.05, 4.69) is 47.5 Å². The molecule has 0 unspecified atom stereocenters. The number of likely N-dealkylation sites (tertiary alicyclic amines) is 1. The summed E-state index contributed by atoms with van der Waals surface area (Å²) in [6.45, 7) is 9.68. The van der Waals surface area contributed by atoms with E-state index in [1.807, 2.05) is 20.8 Å². The van der Waals surface area contributed by atoms with Crippen LogP contribution in [0.15, 0.2) is 24.3 Å². The van der Waals surface area contributed by atoms with E-state index < -0.39 is 41.3 Å². The summed E-state index contributed by atoms with van der Waals surface area (Å²) in [5.41, 5.74) is 6.81. The number of benzene rings is 1. The van der Waals surface area contributed by atoms with Crippen LogP contribution < -0.4 is 16.0 Å². The van der Waals surface area contributed by atoms with Crippen LogP contribution in [0.5, 0.6) is 0 Å². The first-order valence-electron chi connectivity index (χ1n) is 14.3. The van der Waals surface area contributed by atoms with Crippen LogP contribution in [-0.2, 0) is 24.5 Å². The van der Waals surface area contributed by atoms with E-state index in [-0.39, 0.29) is 25.0 Å². The molecule has 1 saturated carbocycles. The van der Waals surface area contributed by atoms with E-state index in [4.69, 9.17) is 10.5 Å². The number of nitrogens with one attached hydrogen (secondary N) is 1. The highest BCUT2D eigenvalue weighted by atomic mass is 16.5. The molecule has 3 rings (SSSR count). The van der Waals surface area contributed by atoms with Gasteiger partial charge in [-0.3, -0.25) is 14.4 Å². The number of primary amides is 1. The SMILES string of the molecule is CCN(CCCCCOCC(=O)N[C@H](C(=O)N1C[C@H](O)C[C@H]1C(N)=O)C(C)(C)C)c1ccc(C2(C#N)CC2)cc1. The number of carbonyl (C=O) groups is 3. The van der Waals surface area contributed by atoms with Gasteiger partial charge >= 0.3 is 0 Å². The van der Waals surface area contributed by atoms with E-state index in [1.165, 1.54) is 4.90 Å². The summed E-state index contributed by atoms with van der Waals surface area (Å²) in [5.74, 6) is -1.52. The van der Waals surface area contributed by atoms with Crippen LogP contribution in [0.2, 0.25) is 0 Å². The Morgan fingerprint density at radius 3 is 2.45 bits per heavy atom. The minimum absolute atomic E-state index is 0.00799. The summed E-state index contributed by atoms with van der Waals surface area (Å²) in [7, 11) is 0. The van der Waals surface area contributed by atoms with Crippen molar-refractivity contribution in [2.24, 2.45) is 11.1 Å². The molecular weight excluding hydrogens is 510 g/mol. The highest BCUT2D eigenvalue weighted by Gasteiger charge is 2.45. The van der Waals surface area contributed by atoms with Crippen molar-refractivity contribution in [3.63, 3.8) is 0 Å². The van der Waals surface area contributed by atoms with Gasteiger partial charge in [-0.05, 0) is 62.1 Å². The number of nitriles is 1. The molecule has 0 radical (unpaired) electrons. The minimum Gasteiger partial charge on any atom is -0.391 e. The zero-order chi connectivity index (χ0) is 29.5. The normalized spacial score (nSPS) is 20.4. The van der Waals surface area contributed by atoms with E-state index in [1.54, 1.807) is 0 Å². The molecular formula is C30H45N5O5. The number of anilines is 1. The lowest BCUT2D eigenvalue weighted by atomic mass is 9.85. The number of aliphatic hydroxyl groups excluding tert-OH is 1. The molecule has 1 aromatic carbocycles. The number of carbonyl (C=O) groups excluding carboxylic acids is 3. The monoisotopic (exact) mass is 555 g/mol. The number of aliphatic hydroxyl groups is 1. The third-order valence-electron chi connectivity index (χ3n) is 7.89. The number of rotatable bonds is 14. The molecule has 2 fully saturated rings. The third-order valence-corrected chi connectivity index (χ3v) is 7.89. The van der Waals surface area contributed by atoms with Crippen molar-refractivity contribution in [3.8, 4) is 6.07 Å². The lowest BCUT2D eigenvalue weighted by Crippen LogP contribution is -2.57. The molecule has 1 saturated heterocycles. The summed E-state index contributed by atoms with van der Waals surface area (Å²) in [5, 5.41) is 22.1. The van der Waals surface area contributed by atoms with E-state index in [0.29, 0.717) is 6.61 Å². The van der Waals surface area contributed by atoms with Gasteiger partial charge in [0.2, 0.25) is 17.7 Å². The van der Waals surface area contributed by atoms with Crippen molar-refractivity contribution in [2.45, 2.75) is 89.8 Å². The molecule has 220 valence electrons. The number of amides is 3. The second-order valence-corrected chi connectivity index (χ2v) is 12.1. The molecule has 3 amide bonds. The van der Waals surface area contributed by atoms with Crippen molar-refractivity contribution in [1.82, 2.24) is 10.2 Å². The van der Waals surface area contributed by atoms with Crippen molar-refractivity contribution >= 4 is 23.4 Å². The maximum absolute atomic E-state index is 13.2. The van der Waals surface area contributed by atoms with Crippen LogP contribution in [0.1, 0.15) is 71.8 Å². The average Bonchev–Trinajstić information content (AvgIpc) is 3.61. The fraction of sp³-hybridized carbons (Fsp3) is 0.667. The molecule has 0 aromatic heterocycles. The number of ether oxygens (including phenoxy) is 1. The van der Waals surface area contributed by atoms with Gasteiger partial charge in [0.25, 0.3) is 0 Å². The molecule has 1 heterocycles. The first-order chi connectivity index (χ1) is 18.9. The second-order valence-electron chi connectivity index (χ2n) is 12.1. The van der Waals surface area contributed by atoms with Gasteiger partial charge in [-0.15, -0.1) is 0 Å². The lowest BCUT2D eigenvalue weighted by molar-refractivity contribution is -0.144. The zero-order valence-corrected chi connectivity index (χ0v) is 24.3. The average molecular weight is 556 g/mol. The van der Waals surface area contributed by atoms with Crippen LogP contribution >= 0.6 is 0 Å². The van der Waals surface area contributed by atoms with Crippen LogP contribution in [0.25, 0.3) is 0 Å². The van der Waals surface area contributed by atoms with Gasteiger partial charge in [0, 0.05) is 38.3 Å². The Kier molecular flexibility index (Phi) is 10.6. The molecule has 10 heteroatoms. The Hall–Kier alpha value is -3.16. The van der Waals surface area contributed by atoms with Crippen molar-refractivity contribution in [1.29, 1.82) is 5.26 Å². The van der Waals surface area contributed by atoms with E-state index in [0.717, 1.165) is 56.4 Å². The Morgan fingerprint density at radius 1 is 1.23 bits per heavy atom. The van der Waals surface area contributed by atoms with Gasteiger partial charge in [-0.25, -0.2) is 0 Å². The molecule has 2 aliphatic rings. The largest absolute Gasteiger partial charge is 0.391 e. The summed E-state index contributed by atoms with van der Waals surface area (Å²) in [4.78, 5) is 41.2. The van der Waals surface area contributed by atoms with Crippen molar-refractivity contribution < 1.29 is 24.2 Å². The number of β-amino-alcohol motifs (C(OH)–C–C–N with tert-alkyl or cyclic N) is 1. The molecule has 1 aliphatic carbocycles. The Labute approximate surface area is 237 Å². The number of nitrogens with zero attached hydrogens (tertiary/aromatic N) is 3. The smallest absolute Gasteiger partial charge is 0.246 e. The predicted molar refractivity (Wildman–Crippen MR) is 152 cm³/mol. The first-order valence-corrected chi connectivity index (χ1v) is 14.3. The van der Waals surface area contributed by atoms with Crippen LogP contribution in [0.4, 0.5) is 5.69 Å². The topological polar surface area (TPSA) is 149 Å². The summed E-state index contributed by atoms with van der Waals surface area (Å²) < 4.78 is 5.58. The molecule has 1 aromatic rings. The third kappa shape index (κ3) is 7.95. The zero-order valence-electron chi connectivity index (χ0n) is 24.3. The molecule has 4 N–H and O–H groups in total. The standard InChI is InChI=1S/C30H45N5O5/c1-5-34(22-11-9-21(10-12-22)30(20-31)13-14-30)15-7-6-8-16-40-19-25(37)33-26(29(2,3)4)28(39)35-18-23(36)17-24(35)27(32)38/h9-12,23-24,26,36H,5-8,13-19H2,1-4H3,(H2,32,38)(H,33,37)/t23-,24+,26-/m1/s1. The van der Waals surface area contributed by atoms with E-state index >= 15 is 0 Å². The Morgan fingerprint density at radius 2 is 1.90 bits per heavy atom. The molecule has 40 heavy (non-hydrogen) atoms. The molecule has 0 bridgehead atoms. The van der Waals surface area contributed by atoms with Gasteiger partial charge in [0.1, 0.15) is 18.7 Å². The fourth-order valence-corrected chi connectivity index (χ4v) is 5.24. The summed E-state index contributed by atoms with van der Waals surface area (Å²) in [6.07, 6.45) is 3.90. The lowest BCUT2D eigenvalue weighted by Gasteiger charge is -2.35. The Balaban J connectivity index is 1.38. The highest BCUT2D eigenvalue weighted by molar-refractivity contribution is 5.92. The summed E-state index contributed by atoms with van der Waals surface area (Å²) >= 11 is 0. The van der Waals surface area contributed by atoms with Gasteiger partial charge in [-0.2, -0.15) is 5.26 Å². The van der Waals surface area contributed by atoms with Crippen molar-refractivity contribution in [3.05, 3.63) is 29.8 Å². The Bertz CT molecular complexity index is 1070. The number of unbranched alkanes of at least 4 members (excludes halogenated alkanes) is 2.